The summed E-state index contributed by atoms with van der Waals surface area (Å²) in [4.78, 5) is 4.21. The second-order valence-corrected chi connectivity index (χ2v) is 5.62. The summed E-state index contributed by atoms with van der Waals surface area (Å²) in [6.45, 7) is 1.66. The lowest BCUT2D eigenvalue weighted by atomic mass is 9.80. The first-order chi connectivity index (χ1) is 10.1. The molecule has 0 atom stereocenters. The lowest BCUT2D eigenvalue weighted by Crippen LogP contribution is -2.41. The van der Waals surface area contributed by atoms with Gasteiger partial charge in [-0.15, -0.1) is 24.0 Å². The van der Waals surface area contributed by atoms with Crippen molar-refractivity contribution in [1.82, 2.24) is 0 Å². The number of anilines is 1. The van der Waals surface area contributed by atoms with E-state index in [0.717, 1.165) is 37.1 Å². The highest BCUT2D eigenvalue weighted by atomic mass is 127. The fraction of sp³-hybridized carbons (Fsp3) is 0.533. The SMILES string of the molecule is I.NC(=NCC1(O)CCC1)Nc1ccc2c(c1)OCCCO2. The molecule has 0 bridgehead atoms. The van der Waals surface area contributed by atoms with Crippen molar-refractivity contribution < 1.29 is 14.6 Å². The summed E-state index contributed by atoms with van der Waals surface area (Å²) < 4.78 is 11.2. The summed E-state index contributed by atoms with van der Waals surface area (Å²) in [5.41, 5.74) is 5.99. The molecule has 3 rings (SSSR count). The van der Waals surface area contributed by atoms with Gasteiger partial charge in [0.2, 0.25) is 0 Å². The van der Waals surface area contributed by atoms with E-state index >= 15 is 0 Å². The van der Waals surface area contributed by atoms with Gasteiger partial charge in [0.05, 0.1) is 25.4 Å². The number of aliphatic imine (C=N–C) groups is 1. The smallest absolute Gasteiger partial charge is 0.193 e. The summed E-state index contributed by atoms with van der Waals surface area (Å²) in [6.07, 6.45) is 3.53. The molecule has 4 N–H and O–H groups in total. The first kappa shape index (κ1) is 17.1. The van der Waals surface area contributed by atoms with Gasteiger partial charge >= 0.3 is 0 Å². The number of ether oxygens (including phenoxy) is 2. The van der Waals surface area contributed by atoms with Crippen molar-refractivity contribution in [3.63, 3.8) is 0 Å². The van der Waals surface area contributed by atoms with E-state index in [0.29, 0.717) is 31.5 Å². The molecule has 0 saturated heterocycles. The van der Waals surface area contributed by atoms with Crippen molar-refractivity contribution >= 4 is 35.6 Å². The number of hydrogen-bond donors (Lipinski definition) is 3. The van der Waals surface area contributed by atoms with E-state index < -0.39 is 5.60 Å². The summed E-state index contributed by atoms with van der Waals surface area (Å²) in [5, 5.41) is 13.0. The second kappa shape index (κ2) is 7.36. The predicted octanol–water partition coefficient (Wildman–Crippen LogP) is 2.11. The zero-order valence-corrected chi connectivity index (χ0v) is 14.7. The lowest BCUT2D eigenvalue weighted by molar-refractivity contribution is -0.0235. The van der Waals surface area contributed by atoms with E-state index in [1.165, 1.54) is 0 Å². The topological polar surface area (TPSA) is 89.1 Å². The van der Waals surface area contributed by atoms with Crippen LogP contribution in [0.4, 0.5) is 5.69 Å². The number of aliphatic hydroxyl groups is 1. The summed E-state index contributed by atoms with van der Waals surface area (Å²) in [5.74, 6) is 1.75. The fourth-order valence-electron chi connectivity index (χ4n) is 2.40. The lowest BCUT2D eigenvalue weighted by Gasteiger charge is -2.34. The first-order valence-electron chi connectivity index (χ1n) is 7.34. The summed E-state index contributed by atoms with van der Waals surface area (Å²) in [7, 11) is 0. The maximum absolute atomic E-state index is 9.99. The minimum absolute atomic E-state index is 0. The number of nitrogens with zero attached hydrogens (tertiary/aromatic N) is 1. The molecule has 0 unspecified atom stereocenters. The molecule has 1 aromatic rings. The normalized spacial score (nSPS) is 19.4. The Labute approximate surface area is 147 Å². The second-order valence-electron chi connectivity index (χ2n) is 5.62. The Morgan fingerprint density at radius 3 is 2.64 bits per heavy atom. The molecule has 1 aromatic carbocycles. The highest BCUT2D eigenvalue weighted by Crippen LogP contribution is 2.33. The zero-order valence-electron chi connectivity index (χ0n) is 12.4. The van der Waals surface area contributed by atoms with Crippen molar-refractivity contribution in [3.8, 4) is 11.5 Å². The third-order valence-electron chi connectivity index (χ3n) is 3.85. The Hall–Kier alpha value is -1.22. The summed E-state index contributed by atoms with van der Waals surface area (Å²) >= 11 is 0. The molecular formula is C15H22IN3O3. The van der Waals surface area contributed by atoms with Crippen molar-refractivity contribution in [3.05, 3.63) is 18.2 Å². The number of hydrogen-bond acceptors (Lipinski definition) is 4. The molecule has 122 valence electrons. The molecule has 0 radical (unpaired) electrons. The zero-order chi connectivity index (χ0) is 14.7. The van der Waals surface area contributed by atoms with Gasteiger partial charge < -0.3 is 25.6 Å². The maximum atomic E-state index is 9.99. The molecule has 6 nitrogen and oxygen atoms in total. The van der Waals surface area contributed by atoms with Crippen LogP contribution in [-0.4, -0.2) is 36.4 Å². The molecule has 7 heteroatoms. The van der Waals surface area contributed by atoms with Gasteiger partial charge in [-0.2, -0.15) is 0 Å². The van der Waals surface area contributed by atoms with Crippen molar-refractivity contribution in [1.29, 1.82) is 0 Å². The molecule has 0 amide bonds. The van der Waals surface area contributed by atoms with E-state index in [-0.39, 0.29) is 24.0 Å². The van der Waals surface area contributed by atoms with Gasteiger partial charge in [-0.3, -0.25) is 4.99 Å². The first-order valence-corrected chi connectivity index (χ1v) is 7.34. The average molecular weight is 419 g/mol. The van der Waals surface area contributed by atoms with Crippen molar-refractivity contribution in [2.75, 3.05) is 25.1 Å². The van der Waals surface area contributed by atoms with Gasteiger partial charge in [0.15, 0.2) is 17.5 Å². The quantitative estimate of drug-likeness (QED) is 0.397. The molecule has 1 heterocycles. The molecule has 0 spiro atoms. The highest BCUT2D eigenvalue weighted by Gasteiger charge is 2.33. The molecule has 1 fully saturated rings. The molecule has 0 aromatic heterocycles. The number of fused-ring (bicyclic) bond motifs is 1. The van der Waals surface area contributed by atoms with E-state index in [1.54, 1.807) is 0 Å². The molecule has 22 heavy (non-hydrogen) atoms. The van der Waals surface area contributed by atoms with E-state index in [1.807, 2.05) is 18.2 Å². The minimum atomic E-state index is -0.656. The van der Waals surface area contributed by atoms with Crippen LogP contribution in [-0.2, 0) is 0 Å². The molecular weight excluding hydrogens is 397 g/mol. The van der Waals surface area contributed by atoms with Gasteiger partial charge in [-0.05, 0) is 31.4 Å². The van der Waals surface area contributed by atoms with Crippen LogP contribution >= 0.6 is 24.0 Å². The van der Waals surface area contributed by atoms with Crippen LogP contribution in [0.1, 0.15) is 25.7 Å². The van der Waals surface area contributed by atoms with Crippen LogP contribution in [0, 0.1) is 0 Å². The van der Waals surface area contributed by atoms with Gasteiger partial charge in [-0.25, -0.2) is 0 Å². The number of rotatable bonds is 3. The Balaban J connectivity index is 0.00000176. The molecule has 1 aliphatic carbocycles. The fourth-order valence-corrected chi connectivity index (χ4v) is 2.40. The van der Waals surface area contributed by atoms with Crippen LogP contribution in [0.25, 0.3) is 0 Å². The number of nitrogens with one attached hydrogen (secondary N) is 1. The third kappa shape index (κ3) is 4.16. The van der Waals surface area contributed by atoms with Crippen LogP contribution < -0.4 is 20.5 Å². The van der Waals surface area contributed by atoms with E-state index in [4.69, 9.17) is 15.2 Å². The highest BCUT2D eigenvalue weighted by molar-refractivity contribution is 14.0. The largest absolute Gasteiger partial charge is 0.490 e. The standard InChI is InChI=1S/C15H21N3O3.HI/c16-14(17-10-15(19)5-1-6-15)18-11-3-4-12-13(9-11)21-8-2-7-20-12;/h3-4,9,19H,1-2,5-8,10H2,(H3,16,17,18);1H. The van der Waals surface area contributed by atoms with Crippen molar-refractivity contribution in [2.45, 2.75) is 31.3 Å². The summed E-state index contributed by atoms with van der Waals surface area (Å²) in [6, 6.07) is 5.57. The van der Waals surface area contributed by atoms with Gasteiger partial charge in [0, 0.05) is 18.2 Å². The Morgan fingerprint density at radius 2 is 1.95 bits per heavy atom. The Bertz CT molecular complexity index is 547. The van der Waals surface area contributed by atoms with Crippen LogP contribution in [0.5, 0.6) is 11.5 Å². The van der Waals surface area contributed by atoms with Crippen molar-refractivity contribution in [2.24, 2.45) is 10.7 Å². The molecule has 1 saturated carbocycles. The van der Waals surface area contributed by atoms with E-state index in [2.05, 4.69) is 10.3 Å². The minimum Gasteiger partial charge on any atom is -0.490 e. The van der Waals surface area contributed by atoms with Gasteiger partial charge in [0.1, 0.15) is 0 Å². The number of nitrogens with two attached hydrogens (primary N) is 1. The average Bonchev–Trinajstić information content (AvgIpc) is 2.68. The maximum Gasteiger partial charge on any atom is 0.193 e. The monoisotopic (exact) mass is 419 g/mol. The van der Waals surface area contributed by atoms with Crippen LogP contribution in [0.3, 0.4) is 0 Å². The van der Waals surface area contributed by atoms with Crippen LogP contribution in [0.2, 0.25) is 0 Å². The molecule has 2 aliphatic rings. The number of guanidine groups is 1. The number of halogens is 1. The van der Waals surface area contributed by atoms with Gasteiger partial charge in [-0.1, -0.05) is 0 Å². The molecule has 1 aliphatic heterocycles. The number of benzene rings is 1. The van der Waals surface area contributed by atoms with Crippen LogP contribution in [0.15, 0.2) is 23.2 Å². The third-order valence-corrected chi connectivity index (χ3v) is 3.85. The van der Waals surface area contributed by atoms with Gasteiger partial charge in [0.25, 0.3) is 0 Å². The Morgan fingerprint density at radius 1 is 1.23 bits per heavy atom. The Kier molecular flexibility index (Phi) is 5.74. The van der Waals surface area contributed by atoms with E-state index in [9.17, 15) is 5.11 Å². The predicted molar refractivity (Wildman–Crippen MR) is 96.4 cm³/mol.